The molecule has 10 nitrogen and oxygen atoms in total. The minimum Gasteiger partial charge on any atom is -0.475 e. The van der Waals surface area contributed by atoms with Crippen LogP contribution in [0.25, 0.3) is 5.78 Å². The van der Waals surface area contributed by atoms with E-state index in [2.05, 4.69) is 25.0 Å². The maximum atomic E-state index is 12.6. The molecule has 1 amide bonds. The Bertz CT molecular complexity index is 1020. The van der Waals surface area contributed by atoms with Gasteiger partial charge in [-0.2, -0.15) is 9.50 Å². The first-order valence-corrected chi connectivity index (χ1v) is 11.5. The normalized spacial score (nSPS) is 16.7. The fourth-order valence-electron chi connectivity index (χ4n) is 2.93. The average molecular weight is 448 g/mol. The lowest BCUT2D eigenvalue weighted by molar-refractivity contribution is -0.137. The minimum absolute atomic E-state index is 0.0313. The van der Waals surface area contributed by atoms with Gasteiger partial charge in [0.25, 0.3) is 5.78 Å². The van der Waals surface area contributed by atoms with Crippen LogP contribution in [0.4, 0.5) is 0 Å². The summed E-state index contributed by atoms with van der Waals surface area (Å²) in [6, 6.07) is 3.56. The SMILES string of the molecule is CSc1nc2nc(C)cc(OCC3CN(C(=O)CSc4ncccn4)CCO3)n2n1. The van der Waals surface area contributed by atoms with Gasteiger partial charge in [-0.1, -0.05) is 23.5 Å². The Hall–Kier alpha value is -2.44. The number of ether oxygens (including phenoxy) is 2. The van der Waals surface area contributed by atoms with E-state index in [0.29, 0.717) is 48.3 Å². The zero-order chi connectivity index (χ0) is 20.9. The molecule has 1 aliphatic rings. The van der Waals surface area contributed by atoms with E-state index in [0.717, 1.165) is 5.69 Å². The van der Waals surface area contributed by atoms with E-state index < -0.39 is 0 Å². The van der Waals surface area contributed by atoms with Gasteiger partial charge in [0, 0.05) is 30.7 Å². The van der Waals surface area contributed by atoms with E-state index in [4.69, 9.17) is 9.47 Å². The quantitative estimate of drug-likeness (QED) is 0.389. The second-order valence-corrected chi connectivity index (χ2v) is 8.23. The highest BCUT2D eigenvalue weighted by molar-refractivity contribution is 7.99. The van der Waals surface area contributed by atoms with Gasteiger partial charge in [-0.25, -0.2) is 15.0 Å². The summed E-state index contributed by atoms with van der Waals surface area (Å²) in [5, 5.41) is 5.61. The molecule has 0 aliphatic carbocycles. The van der Waals surface area contributed by atoms with Crippen molar-refractivity contribution in [3.8, 4) is 5.88 Å². The molecule has 30 heavy (non-hydrogen) atoms. The van der Waals surface area contributed by atoms with Gasteiger partial charge in [0.15, 0.2) is 5.16 Å². The van der Waals surface area contributed by atoms with Crippen LogP contribution in [0.5, 0.6) is 5.88 Å². The number of hydrogen-bond acceptors (Lipinski definition) is 10. The van der Waals surface area contributed by atoms with Gasteiger partial charge in [0.2, 0.25) is 16.9 Å². The first-order valence-electron chi connectivity index (χ1n) is 9.33. The lowest BCUT2D eigenvalue weighted by Crippen LogP contribution is -2.48. The molecule has 0 radical (unpaired) electrons. The Kier molecular flexibility index (Phi) is 6.65. The minimum atomic E-state index is -0.229. The van der Waals surface area contributed by atoms with Crippen molar-refractivity contribution in [1.29, 1.82) is 0 Å². The molecule has 0 saturated carbocycles. The molecule has 158 valence electrons. The summed E-state index contributed by atoms with van der Waals surface area (Å²) in [6.45, 7) is 3.68. The van der Waals surface area contributed by atoms with Gasteiger partial charge in [0.1, 0.15) is 12.7 Å². The number of amides is 1. The van der Waals surface area contributed by atoms with Crippen LogP contribution in [-0.4, -0.2) is 84.8 Å². The number of nitrogens with zero attached hydrogens (tertiary/aromatic N) is 7. The highest BCUT2D eigenvalue weighted by Crippen LogP contribution is 2.19. The van der Waals surface area contributed by atoms with Crippen molar-refractivity contribution in [2.75, 3.05) is 38.3 Å². The number of hydrogen-bond donors (Lipinski definition) is 0. The van der Waals surface area contributed by atoms with Gasteiger partial charge in [-0.15, -0.1) is 5.10 Å². The van der Waals surface area contributed by atoms with Gasteiger partial charge >= 0.3 is 0 Å². The molecule has 1 atom stereocenters. The third-order valence-corrected chi connectivity index (χ3v) is 5.74. The van der Waals surface area contributed by atoms with E-state index in [-0.39, 0.29) is 17.8 Å². The summed E-state index contributed by atoms with van der Waals surface area (Å²) in [5.41, 5.74) is 0.791. The molecule has 0 aromatic carbocycles. The Labute approximate surface area is 181 Å². The molecule has 0 spiro atoms. The molecule has 1 unspecified atom stereocenters. The average Bonchev–Trinajstić information content (AvgIpc) is 3.20. The number of fused-ring (bicyclic) bond motifs is 1. The molecular weight excluding hydrogens is 426 g/mol. The number of carbonyl (C=O) groups is 1. The second kappa shape index (κ2) is 9.58. The van der Waals surface area contributed by atoms with Crippen LogP contribution in [0.3, 0.4) is 0 Å². The summed E-state index contributed by atoms with van der Waals surface area (Å²) in [4.78, 5) is 31.4. The standard InChI is InChI=1S/C18H21N7O3S2/c1-12-8-15(25-16(21-12)22-18(23-25)29-2)28-10-13-9-24(6-7-27-13)14(26)11-30-17-19-4-3-5-20-17/h3-5,8,13H,6-7,9-11H2,1-2H3. The van der Waals surface area contributed by atoms with Gasteiger partial charge in [-0.05, 0) is 19.2 Å². The maximum absolute atomic E-state index is 12.6. The van der Waals surface area contributed by atoms with E-state index in [1.807, 2.05) is 19.2 Å². The van der Waals surface area contributed by atoms with E-state index in [9.17, 15) is 4.79 Å². The molecule has 3 aromatic heterocycles. The van der Waals surface area contributed by atoms with E-state index in [1.54, 1.807) is 27.9 Å². The van der Waals surface area contributed by atoms with Crippen molar-refractivity contribution in [2.45, 2.75) is 23.3 Å². The molecular formula is C18H21N7O3S2. The Morgan fingerprint density at radius 2 is 2.13 bits per heavy atom. The number of aryl methyl sites for hydroxylation is 1. The van der Waals surface area contributed by atoms with Gasteiger partial charge < -0.3 is 14.4 Å². The first-order chi connectivity index (χ1) is 14.6. The number of morpholine rings is 1. The largest absolute Gasteiger partial charge is 0.475 e. The van der Waals surface area contributed by atoms with Crippen LogP contribution in [0, 0.1) is 6.92 Å². The molecule has 1 fully saturated rings. The maximum Gasteiger partial charge on any atom is 0.256 e. The van der Waals surface area contributed by atoms with E-state index >= 15 is 0 Å². The molecule has 4 heterocycles. The van der Waals surface area contributed by atoms with Crippen molar-refractivity contribution < 1.29 is 14.3 Å². The highest BCUT2D eigenvalue weighted by Gasteiger charge is 2.25. The van der Waals surface area contributed by atoms with Crippen LogP contribution in [0.2, 0.25) is 0 Å². The zero-order valence-corrected chi connectivity index (χ0v) is 18.2. The lowest BCUT2D eigenvalue weighted by atomic mass is 10.3. The Balaban J connectivity index is 1.35. The van der Waals surface area contributed by atoms with Gasteiger partial charge in [-0.3, -0.25) is 4.79 Å². The second-order valence-electron chi connectivity index (χ2n) is 6.51. The molecule has 0 N–H and O–H groups in total. The molecule has 3 aromatic rings. The number of aromatic nitrogens is 6. The van der Waals surface area contributed by atoms with Crippen LogP contribution < -0.4 is 4.74 Å². The Morgan fingerprint density at radius 3 is 2.93 bits per heavy atom. The lowest BCUT2D eigenvalue weighted by Gasteiger charge is -2.32. The molecule has 12 heteroatoms. The van der Waals surface area contributed by atoms with Crippen LogP contribution in [0.1, 0.15) is 5.69 Å². The first kappa shape index (κ1) is 20.8. The monoisotopic (exact) mass is 447 g/mol. The molecule has 1 saturated heterocycles. The fourth-order valence-corrected chi connectivity index (χ4v) is 3.97. The van der Waals surface area contributed by atoms with Crippen LogP contribution in [-0.2, 0) is 9.53 Å². The summed E-state index contributed by atoms with van der Waals surface area (Å²) < 4.78 is 13.4. The number of thioether (sulfide) groups is 2. The Morgan fingerprint density at radius 1 is 1.30 bits per heavy atom. The molecule has 0 bridgehead atoms. The fraction of sp³-hybridized carbons (Fsp3) is 0.444. The van der Waals surface area contributed by atoms with E-state index in [1.165, 1.54) is 23.5 Å². The zero-order valence-electron chi connectivity index (χ0n) is 16.6. The van der Waals surface area contributed by atoms with Crippen molar-refractivity contribution in [1.82, 2.24) is 34.4 Å². The smallest absolute Gasteiger partial charge is 0.256 e. The summed E-state index contributed by atoms with van der Waals surface area (Å²) in [5.74, 6) is 1.37. The molecule has 1 aliphatic heterocycles. The molecule has 4 rings (SSSR count). The summed E-state index contributed by atoms with van der Waals surface area (Å²) >= 11 is 2.77. The third-order valence-electron chi connectivity index (χ3n) is 4.35. The number of carbonyl (C=O) groups excluding carboxylic acids is 1. The topological polar surface area (TPSA) is 108 Å². The van der Waals surface area contributed by atoms with Crippen molar-refractivity contribution >= 4 is 35.2 Å². The summed E-state index contributed by atoms with van der Waals surface area (Å²) in [7, 11) is 0. The highest BCUT2D eigenvalue weighted by atomic mass is 32.2. The predicted molar refractivity (Wildman–Crippen MR) is 112 cm³/mol. The van der Waals surface area contributed by atoms with Crippen LogP contribution >= 0.6 is 23.5 Å². The summed E-state index contributed by atoms with van der Waals surface area (Å²) in [6.07, 6.45) is 5.01. The third kappa shape index (κ3) is 4.99. The van der Waals surface area contributed by atoms with Crippen molar-refractivity contribution in [3.63, 3.8) is 0 Å². The van der Waals surface area contributed by atoms with Crippen LogP contribution in [0.15, 0.2) is 34.8 Å². The predicted octanol–water partition coefficient (Wildman–Crippen LogP) is 1.34. The van der Waals surface area contributed by atoms with Crippen molar-refractivity contribution in [3.05, 3.63) is 30.2 Å². The van der Waals surface area contributed by atoms with Gasteiger partial charge in [0.05, 0.1) is 18.9 Å². The van der Waals surface area contributed by atoms with Crippen molar-refractivity contribution in [2.24, 2.45) is 0 Å². The number of rotatable bonds is 7.